The molecule has 2 aliphatic rings. The van der Waals surface area contributed by atoms with Crippen LogP contribution in [-0.4, -0.2) is 18.8 Å². The fourth-order valence-electron chi connectivity index (χ4n) is 3.06. The smallest absolute Gasteiger partial charge is 0.0779 e. The second-order valence-electron chi connectivity index (χ2n) is 6.51. The number of hydrogen-bond donors (Lipinski definition) is 1. The molecule has 2 heteroatoms. The van der Waals surface area contributed by atoms with Gasteiger partial charge in [-0.25, -0.2) is 0 Å². The Bertz CT molecular complexity index is 415. The minimum absolute atomic E-state index is 0.0534. The van der Waals surface area contributed by atoms with Crippen LogP contribution in [0, 0.1) is 12.8 Å². The van der Waals surface area contributed by atoms with Crippen LogP contribution in [0.3, 0.4) is 0 Å². The Labute approximate surface area is 116 Å². The van der Waals surface area contributed by atoms with Crippen LogP contribution in [0.4, 0.5) is 0 Å². The van der Waals surface area contributed by atoms with Gasteiger partial charge in [0.15, 0.2) is 0 Å². The molecule has 1 aromatic rings. The Morgan fingerprint density at radius 3 is 2.63 bits per heavy atom. The predicted octanol–water partition coefficient (Wildman–Crippen LogP) is 3.60. The van der Waals surface area contributed by atoms with Crippen molar-refractivity contribution in [3.05, 3.63) is 35.4 Å². The summed E-state index contributed by atoms with van der Waals surface area (Å²) in [4.78, 5) is 0. The number of ether oxygens (including phenoxy) is 1. The summed E-state index contributed by atoms with van der Waals surface area (Å²) in [5.41, 5.74) is 2.83. The molecule has 2 fully saturated rings. The lowest BCUT2D eigenvalue weighted by Gasteiger charge is -2.28. The first-order chi connectivity index (χ1) is 9.16. The van der Waals surface area contributed by atoms with Crippen molar-refractivity contribution in [2.24, 2.45) is 5.92 Å². The molecular weight excluding hydrogens is 234 g/mol. The highest BCUT2D eigenvalue weighted by molar-refractivity contribution is 5.25. The molecule has 1 saturated carbocycles. The summed E-state index contributed by atoms with van der Waals surface area (Å²) in [5, 5.41) is 3.77. The molecule has 0 bridgehead atoms. The number of hydrogen-bond acceptors (Lipinski definition) is 2. The lowest BCUT2D eigenvalue weighted by Crippen LogP contribution is -2.39. The average molecular weight is 259 g/mol. The van der Waals surface area contributed by atoms with Crippen LogP contribution in [0.1, 0.15) is 49.8 Å². The van der Waals surface area contributed by atoms with E-state index in [1.54, 1.807) is 0 Å². The van der Waals surface area contributed by atoms with Crippen molar-refractivity contribution in [1.29, 1.82) is 0 Å². The van der Waals surface area contributed by atoms with Crippen molar-refractivity contribution in [1.82, 2.24) is 5.32 Å². The molecule has 2 unspecified atom stereocenters. The van der Waals surface area contributed by atoms with Gasteiger partial charge < -0.3 is 10.1 Å². The third-order valence-corrected chi connectivity index (χ3v) is 4.53. The summed E-state index contributed by atoms with van der Waals surface area (Å²) < 4.78 is 5.88. The van der Waals surface area contributed by atoms with Crippen LogP contribution in [-0.2, 0) is 4.74 Å². The van der Waals surface area contributed by atoms with E-state index in [1.807, 2.05) is 0 Å². The third-order valence-electron chi connectivity index (χ3n) is 4.53. The van der Waals surface area contributed by atoms with E-state index in [0.717, 1.165) is 19.1 Å². The van der Waals surface area contributed by atoms with Gasteiger partial charge in [0.05, 0.1) is 5.60 Å². The maximum atomic E-state index is 5.88. The van der Waals surface area contributed by atoms with Gasteiger partial charge in [0, 0.05) is 19.2 Å². The van der Waals surface area contributed by atoms with Crippen molar-refractivity contribution in [2.75, 3.05) is 13.2 Å². The zero-order chi connectivity index (χ0) is 13.3. The molecule has 1 aromatic carbocycles. The number of benzene rings is 1. The Hall–Kier alpha value is -0.860. The van der Waals surface area contributed by atoms with E-state index in [9.17, 15) is 0 Å². The Balaban J connectivity index is 1.66. The summed E-state index contributed by atoms with van der Waals surface area (Å²) in [6.07, 6.45) is 5.12. The highest BCUT2D eigenvalue weighted by Crippen LogP contribution is 2.41. The third kappa shape index (κ3) is 3.18. The van der Waals surface area contributed by atoms with E-state index < -0.39 is 0 Å². The average Bonchev–Trinajstić information content (AvgIpc) is 3.14. The zero-order valence-corrected chi connectivity index (χ0v) is 12.1. The Morgan fingerprint density at radius 1 is 1.32 bits per heavy atom. The quantitative estimate of drug-likeness (QED) is 0.872. The zero-order valence-electron chi connectivity index (χ0n) is 12.1. The molecule has 0 radical (unpaired) electrons. The van der Waals surface area contributed by atoms with Crippen LogP contribution in [0.25, 0.3) is 0 Å². The summed E-state index contributed by atoms with van der Waals surface area (Å²) in [7, 11) is 0. The molecule has 1 heterocycles. The first-order valence-corrected chi connectivity index (χ1v) is 7.60. The van der Waals surface area contributed by atoms with Gasteiger partial charge in [-0.1, -0.05) is 29.8 Å². The normalized spacial score (nSPS) is 28.5. The molecule has 0 spiro atoms. The SMILES string of the molecule is Cc1ccc(C(NCC2(C)CCCO2)C2CC2)cc1. The molecule has 104 valence electrons. The van der Waals surface area contributed by atoms with E-state index >= 15 is 0 Å². The largest absolute Gasteiger partial charge is 0.374 e. The summed E-state index contributed by atoms with van der Waals surface area (Å²) in [6.45, 7) is 6.29. The van der Waals surface area contributed by atoms with E-state index in [1.165, 1.54) is 36.8 Å². The second-order valence-corrected chi connectivity index (χ2v) is 6.51. The molecule has 1 aliphatic heterocycles. The fraction of sp³-hybridized carbons (Fsp3) is 0.647. The van der Waals surface area contributed by atoms with Crippen molar-refractivity contribution < 1.29 is 4.74 Å². The van der Waals surface area contributed by atoms with Crippen molar-refractivity contribution in [3.8, 4) is 0 Å². The maximum Gasteiger partial charge on any atom is 0.0779 e. The van der Waals surface area contributed by atoms with Gasteiger partial charge in [0.25, 0.3) is 0 Å². The van der Waals surface area contributed by atoms with E-state index in [4.69, 9.17) is 4.74 Å². The molecular formula is C17H25NO. The lowest BCUT2D eigenvalue weighted by atomic mass is 9.98. The molecule has 2 nitrogen and oxygen atoms in total. The second kappa shape index (κ2) is 5.26. The van der Waals surface area contributed by atoms with Gasteiger partial charge in [-0.05, 0) is 51.0 Å². The lowest BCUT2D eigenvalue weighted by molar-refractivity contribution is 0.0181. The highest BCUT2D eigenvalue weighted by atomic mass is 16.5. The number of aryl methyl sites for hydroxylation is 1. The Kier molecular flexibility index (Phi) is 3.64. The minimum Gasteiger partial charge on any atom is -0.374 e. The monoisotopic (exact) mass is 259 g/mol. The predicted molar refractivity (Wildman–Crippen MR) is 78.2 cm³/mol. The Morgan fingerprint density at radius 2 is 2.05 bits per heavy atom. The summed E-state index contributed by atoms with van der Waals surface area (Å²) in [5.74, 6) is 0.827. The van der Waals surface area contributed by atoms with Crippen LogP contribution >= 0.6 is 0 Å². The molecule has 1 N–H and O–H groups in total. The van der Waals surface area contributed by atoms with Crippen molar-refractivity contribution in [2.45, 2.75) is 51.2 Å². The standard InChI is InChI=1S/C17H25NO/c1-13-4-6-14(7-5-13)16(15-8-9-15)18-12-17(2)10-3-11-19-17/h4-7,15-16,18H,3,8-12H2,1-2H3. The molecule has 3 rings (SSSR count). The maximum absolute atomic E-state index is 5.88. The first-order valence-electron chi connectivity index (χ1n) is 7.60. The van der Waals surface area contributed by atoms with Crippen molar-refractivity contribution in [3.63, 3.8) is 0 Å². The van der Waals surface area contributed by atoms with Crippen LogP contribution in [0.15, 0.2) is 24.3 Å². The first kappa shape index (κ1) is 13.1. The van der Waals surface area contributed by atoms with Crippen LogP contribution in [0.5, 0.6) is 0 Å². The van der Waals surface area contributed by atoms with Gasteiger partial charge in [-0.3, -0.25) is 0 Å². The molecule has 1 aliphatic carbocycles. The van der Waals surface area contributed by atoms with Crippen LogP contribution < -0.4 is 5.32 Å². The van der Waals surface area contributed by atoms with Gasteiger partial charge in [0.2, 0.25) is 0 Å². The molecule has 0 amide bonds. The summed E-state index contributed by atoms with van der Waals surface area (Å²) >= 11 is 0. The number of rotatable bonds is 5. The number of nitrogens with one attached hydrogen (secondary N) is 1. The summed E-state index contributed by atoms with van der Waals surface area (Å²) in [6, 6.07) is 9.52. The van der Waals surface area contributed by atoms with Crippen LogP contribution in [0.2, 0.25) is 0 Å². The van der Waals surface area contributed by atoms with E-state index in [2.05, 4.69) is 43.4 Å². The van der Waals surface area contributed by atoms with Gasteiger partial charge in [0.1, 0.15) is 0 Å². The molecule has 2 atom stereocenters. The minimum atomic E-state index is 0.0534. The molecule has 1 saturated heterocycles. The molecule has 19 heavy (non-hydrogen) atoms. The van der Waals surface area contributed by atoms with Gasteiger partial charge in [-0.2, -0.15) is 0 Å². The van der Waals surface area contributed by atoms with Crippen molar-refractivity contribution >= 4 is 0 Å². The molecule has 0 aromatic heterocycles. The topological polar surface area (TPSA) is 21.3 Å². The van der Waals surface area contributed by atoms with Gasteiger partial charge >= 0.3 is 0 Å². The van der Waals surface area contributed by atoms with E-state index in [0.29, 0.717) is 6.04 Å². The van der Waals surface area contributed by atoms with Gasteiger partial charge in [-0.15, -0.1) is 0 Å². The van der Waals surface area contributed by atoms with E-state index in [-0.39, 0.29) is 5.60 Å². The highest BCUT2D eigenvalue weighted by Gasteiger charge is 2.35. The fourth-order valence-corrected chi connectivity index (χ4v) is 3.06.